The molecule has 1 atom stereocenters. The van der Waals surface area contributed by atoms with Crippen molar-refractivity contribution >= 4 is 46.2 Å². The summed E-state index contributed by atoms with van der Waals surface area (Å²) in [4.78, 5) is 68.3. The van der Waals surface area contributed by atoms with Gasteiger partial charge in [-0.05, 0) is 118 Å². The largest absolute Gasteiger partial charge is 0.457 e. The minimum Gasteiger partial charge on any atom is -0.457 e. The molecule has 6 aliphatic rings. The Morgan fingerprint density at radius 2 is 1.44 bits per heavy atom. The number of carbonyl (C=O) groups is 4. The Bertz CT molecular complexity index is 2550. The van der Waals surface area contributed by atoms with E-state index in [1.165, 1.54) is 32.0 Å². The first-order valence-electron chi connectivity index (χ1n) is 21.6. The molecule has 5 aliphatic heterocycles. The maximum Gasteiger partial charge on any atom is 0.262 e. The molecule has 0 radical (unpaired) electrons. The van der Waals surface area contributed by atoms with Crippen molar-refractivity contribution in [3.05, 3.63) is 90.3 Å². The molecule has 5 fully saturated rings. The van der Waals surface area contributed by atoms with Gasteiger partial charge in [-0.25, -0.2) is 14.6 Å². The van der Waals surface area contributed by atoms with Crippen molar-refractivity contribution in [1.29, 1.82) is 0 Å². The van der Waals surface area contributed by atoms with E-state index in [2.05, 4.69) is 34.7 Å². The van der Waals surface area contributed by atoms with E-state index in [4.69, 9.17) is 15.6 Å². The first-order chi connectivity index (χ1) is 29.7. The number of hydrogen-bond donors (Lipinski definition) is 2. The number of nitrogens with two attached hydrogens (primary N) is 1. The first-order valence-corrected chi connectivity index (χ1v) is 21.6. The standard InChI is InChI=1S/C46H48N10O5/c47-41-39-40(28-6-9-34(10-7-28)61-33-4-2-1-3-5-33)51-56(42(39)49-27-48-41)29-14-18-52(19-15-29)31-23-46(24-31)16-20-53(21-17-46)32-25-54(26-32)30-8-11-35-36(22-30)45(60)55(44(35)59)37-12-13-38(57)50-43(37)58/h1-11,22,27,29,31-32,37H,12-21,23-26H2,(H2,47,48,49)(H,50,57,58). The predicted molar refractivity (Wildman–Crippen MR) is 227 cm³/mol. The quantitative estimate of drug-likeness (QED) is 0.200. The Kier molecular flexibility index (Phi) is 9.15. The number of carbonyl (C=O) groups excluding carboxylic acids is 4. The minimum absolute atomic E-state index is 0.104. The normalized spacial score (nSPS) is 22.7. The number of amides is 4. The SMILES string of the molecule is Nc1ncnc2c1c(-c1ccc(Oc3ccccc3)cc1)nn2C1CCN(C2CC3(CCN(C4CN(c5ccc6c(c5)C(=O)N(C5CCC(=O)NC5=O)C6=O)C4)CC3)C2)CC1. The molecule has 15 nitrogen and oxygen atoms in total. The molecule has 15 heteroatoms. The fourth-order valence-corrected chi connectivity index (χ4v) is 10.8. The Hall–Kier alpha value is -6.19. The van der Waals surface area contributed by atoms with Crippen LogP contribution in [0, 0.1) is 5.41 Å². The number of anilines is 2. The van der Waals surface area contributed by atoms with Crippen molar-refractivity contribution in [1.82, 2.24) is 39.8 Å². The molecule has 2 aromatic heterocycles. The van der Waals surface area contributed by atoms with Crippen LogP contribution in [0.5, 0.6) is 11.5 Å². The first kappa shape index (κ1) is 37.8. The molecule has 1 unspecified atom stereocenters. The van der Waals surface area contributed by atoms with E-state index in [1.807, 2.05) is 60.7 Å². The third-order valence-corrected chi connectivity index (χ3v) is 14.3. The number of hydrogen-bond acceptors (Lipinski definition) is 12. The zero-order valence-electron chi connectivity index (χ0n) is 33.9. The average Bonchev–Trinajstić information content (AvgIpc) is 3.76. The number of ether oxygens (including phenoxy) is 1. The van der Waals surface area contributed by atoms with Crippen LogP contribution in [-0.2, 0) is 9.59 Å². The number of nitrogens with one attached hydrogen (secondary N) is 1. The highest BCUT2D eigenvalue weighted by Crippen LogP contribution is 2.52. The van der Waals surface area contributed by atoms with Crippen molar-refractivity contribution in [3.63, 3.8) is 0 Å². The molecule has 11 rings (SSSR count). The van der Waals surface area contributed by atoms with Gasteiger partial charge in [0.25, 0.3) is 11.8 Å². The van der Waals surface area contributed by atoms with Gasteiger partial charge in [0.1, 0.15) is 35.4 Å². The molecule has 4 amide bonds. The Morgan fingerprint density at radius 1 is 0.738 bits per heavy atom. The van der Waals surface area contributed by atoms with Gasteiger partial charge in [-0.3, -0.25) is 34.3 Å². The van der Waals surface area contributed by atoms with Gasteiger partial charge < -0.3 is 20.3 Å². The summed E-state index contributed by atoms with van der Waals surface area (Å²) in [6.45, 7) is 6.04. The molecular formula is C46H48N10O5. The molecule has 1 spiro atoms. The van der Waals surface area contributed by atoms with Crippen molar-refractivity contribution in [3.8, 4) is 22.8 Å². The maximum absolute atomic E-state index is 13.4. The number of aromatic nitrogens is 4. The van der Waals surface area contributed by atoms with Gasteiger partial charge in [0.05, 0.1) is 22.6 Å². The van der Waals surface area contributed by atoms with E-state index < -0.39 is 23.8 Å². The highest BCUT2D eigenvalue weighted by molar-refractivity contribution is 6.23. The molecule has 61 heavy (non-hydrogen) atoms. The molecule has 4 saturated heterocycles. The van der Waals surface area contributed by atoms with Gasteiger partial charge in [0, 0.05) is 55.9 Å². The highest BCUT2D eigenvalue weighted by Gasteiger charge is 2.50. The van der Waals surface area contributed by atoms with Crippen molar-refractivity contribution in [2.75, 3.05) is 49.9 Å². The Balaban J connectivity index is 0.666. The minimum atomic E-state index is -0.959. The molecule has 1 saturated carbocycles. The summed E-state index contributed by atoms with van der Waals surface area (Å²) >= 11 is 0. The number of likely N-dealkylation sites (tertiary alicyclic amines) is 2. The Labute approximate surface area is 352 Å². The number of rotatable bonds is 8. The summed E-state index contributed by atoms with van der Waals surface area (Å²) in [6, 6.07) is 23.5. The van der Waals surface area contributed by atoms with E-state index in [-0.39, 0.29) is 24.8 Å². The number of nitrogen functional groups attached to an aromatic ring is 1. The molecule has 5 aromatic rings. The lowest BCUT2D eigenvalue weighted by Crippen LogP contribution is -2.63. The van der Waals surface area contributed by atoms with Gasteiger partial charge in [0.15, 0.2) is 5.65 Å². The van der Waals surface area contributed by atoms with Crippen molar-refractivity contribution in [2.45, 2.75) is 75.5 Å². The van der Waals surface area contributed by atoms with Gasteiger partial charge in [-0.15, -0.1) is 0 Å². The molecule has 3 N–H and O–H groups in total. The fraction of sp³-hybridized carbons (Fsp3) is 0.413. The second-order valence-corrected chi connectivity index (χ2v) is 17.8. The van der Waals surface area contributed by atoms with Gasteiger partial charge in [-0.1, -0.05) is 18.2 Å². The predicted octanol–water partition coefficient (Wildman–Crippen LogP) is 5.04. The van der Waals surface area contributed by atoms with Crippen LogP contribution in [0.1, 0.15) is 78.1 Å². The number of fused-ring (bicyclic) bond motifs is 2. The van der Waals surface area contributed by atoms with E-state index in [0.29, 0.717) is 34.4 Å². The van der Waals surface area contributed by atoms with Crippen LogP contribution in [0.25, 0.3) is 22.3 Å². The molecule has 7 heterocycles. The molecule has 1 aliphatic carbocycles. The van der Waals surface area contributed by atoms with Gasteiger partial charge in [0.2, 0.25) is 11.8 Å². The van der Waals surface area contributed by atoms with Crippen LogP contribution < -0.4 is 20.7 Å². The third-order valence-electron chi connectivity index (χ3n) is 14.3. The third kappa shape index (κ3) is 6.61. The zero-order chi connectivity index (χ0) is 41.4. The zero-order valence-corrected chi connectivity index (χ0v) is 33.9. The summed E-state index contributed by atoms with van der Waals surface area (Å²) in [7, 11) is 0. The summed E-state index contributed by atoms with van der Waals surface area (Å²) in [5.74, 6) is 0.0623. The van der Waals surface area contributed by atoms with Crippen LogP contribution in [0.3, 0.4) is 0 Å². The monoisotopic (exact) mass is 820 g/mol. The van der Waals surface area contributed by atoms with E-state index in [0.717, 1.165) is 96.5 Å². The van der Waals surface area contributed by atoms with E-state index >= 15 is 0 Å². The molecule has 0 bridgehead atoms. The summed E-state index contributed by atoms with van der Waals surface area (Å²) < 4.78 is 8.11. The second-order valence-electron chi connectivity index (χ2n) is 17.8. The average molecular weight is 821 g/mol. The Morgan fingerprint density at radius 3 is 2.18 bits per heavy atom. The number of benzene rings is 3. The van der Waals surface area contributed by atoms with Crippen LogP contribution in [0.15, 0.2) is 79.1 Å². The van der Waals surface area contributed by atoms with Crippen LogP contribution in [-0.4, -0.2) is 115 Å². The molecular weight excluding hydrogens is 773 g/mol. The van der Waals surface area contributed by atoms with E-state index in [1.54, 1.807) is 12.1 Å². The fourth-order valence-electron chi connectivity index (χ4n) is 10.8. The maximum atomic E-state index is 13.4. The molecule has 3 aromatic carbocycles. The van der Waals surface area contributed by atoms with Crippen LogP contribution >= 0.6 is 0 Å². The molecule has 312 valence electrons. The van der Waals surface area contributed by atoms with Gasteiger partial charge >= 0.3 is 0 Å². The van der Waals surface area contributed by atoms with Crippen LogP contribution in [0.4, 0.5) is 11.5 Å². The summed E-state index contributed by atoms with van der Waals surface area (Å²) in [6.07, 6.45) is 8.79. The number of para-hydroxylation sites is 1. The lowest BCUT2D eigenvalue weighted by molar-refractivity contribution is -0.136. The highest BCUT2D eigenvalue weighted by atomic mass is 16.5. The second kappa shape index (κ2) is 14.8. The van der Waals surface area contributed by atoms with Crippen molar-refractivity contribution in [2.24, 2.45) is 5.41 Å². The van der Waals surface area contributed by atoms with E-state index in [9.17, 15) is 19.2 Å². The number of piperidine rings is 3. The lowest BCUT2D eigenvalue weighted by atomic mass is 9.59. The summed E-state index contributed by atoms with van der Waals surface area (Å²) in [5.41, 5.74) is 11.0. The topological polar surface area (TPSA) is 172 Å². The van der Waals surface area contributed by atoms with Crippen LogP contribution in [0.2, 0.25) is 0 Å². The summed E-state index contributed by atoms with van der Waals surface area (Å²) in [5, 5.41) is 8.20. The van der Waals surface area contributed by atoms with Gasteiger partial charge in [-0.2, -0.15) is 5.10 Å². The van der Waals surface area contributed by atoms with Crippen molar-refractivity contribution < 1.29 is 23.9 Å². The lowest BCUT2D eigenvalue weighted by Gasteiger charge is -2.58. The smallest absolute Gasteiger partial charge is 0.262 e. The number of imide groups is 2. The number of nitrogens with zero attached hydrogens (tertiary/aromatic N) is 8.